The highest BCUT2D eigenvalue weighted by Crippen LogP contribution is 2.40. The van der Waals surface area contributed by atoms with E-state index in [0.29, 0.717) is 11.1 Å². The lowest BCUT2D eigenvalue weighted by Crippen LogP contribution is -2.57. The number of pyridine rings is 2. The molecule has 2 aliphatic heterocycles. The van der Waals surface area contributed by atoms with Crippen LogP contribution in [-0.4, -0.2) is 20.9 Å². The zero-order valence-electron chi connectivity index (χ0n) is 12.7. The van der Waals surface area contributed by atoms with Crippen LogP contribution < -0.4 is 9.13 Å². The molecular weight excluding hydrogens is 308 g/mol. The summed E-state index contributed by atoms with van der Waals surface area (Å²) in [6.45, 7) is 1.78. The van der Waals surface area contributed by atoms with E-state index in [9.17, 15) is 15.0 Å². The topological polar surface area (TPSA) is 80.7 Å². The fraction of sp³-hybridized carbons (Fsp3) is 0.118. The maximum Gasteiger partial charge on any atom is 0.545 e. The lowest BCUT2D eigenvalue weighted by molar-refractivity contribution is -1.03. The van der Waals surface area contributed by atoms with Crippen molar-refractivity contribution in [3.05, 3.63) is 53.9 Å². The van der Waals surface area contributed by atoms with Crippen LogP contribution in [0.25, 0.3) is 10.9 Å². The second-order valence-corrected chi connectivity index (χ2v) is 5.94. The van der Waals surface area contributed by atoms with Gasteiger partial charge in [-0.25, -0.2) is 4.79 Å². The van der Waals surface area contributed by atoms with E-state index in [-0.39, 0.29) is 17.6 Å². The van der Waals surface area contributed by atoms with Crippen molar-refractivity contribution >= 4 is 28.4 Å². The van der Waals surface area contributed by atoms with Gasteiger partial charge in [0.05, 0.1) is 5.39 Å². The number of hydrogen-bond donors (Lipinski definition) is 2. The van der Waals surface area contributed by atoms with Crippen molar-refractivity contribution in [3.8, 4) is 5.75 Å². The molecule has 1 atom stereocenters. The van der Waals surface area contributed by atoms with Gasteiger partial charge in [-0.15, -0.1) is 0 Å². The molecule has 1 unspecified atom stereocenters. The van der Waals surface area contributed by atoms with Crippen LogP contribution in [0.15, 0.2) is 47.7 Å². The van der Waals surface area contributed by atoms with Crippen molar-refractivity contribution in [3.63, 3.8) is 0 Å². The third kappa shape index (κ3) is 1.39. The molecule has 24 heavy (non-hydrogen) atoms. The number of phenols is 1. The first kappa shape index (κ1) is 13.1. The van der Waals surface area contributed by atoms with E-state index < -0.39 is 5.97 Å². The molecule has 0 fully saturated rings. The predicted octanol–water partition coefficient (Wildman–Crippen LogP) is 1.89. The summed E-state index contributed by atoms with van der Waals surface area (Å²) in [5.41, 5.74) is 2.42. The number of aromatic carboxylic acids is 1. The minimum Gasteiger partial charge on any atom is -0.507 e. The lowest BCUT2D eigenvalue weighted by Gasteiger charge is -2.03. The molecule has 3 aromatic rings. The quantitative estimate of drug-likeness (QED) is 0.672. The molecule has 0 radical (unpaired) electrons. The van der Waals surface area contributed by atoms with Gasteiger partial charge in [0.1, 0.15) is 22.2 Å². The number of carboxylic acids is 1. The first-order chi connectivity index (χ1) is 11.6. The summed E-state index contributed by atoms with van der Waals surface area (Å²) >= 11 is 0. The predicted molar refractivity (Wildman–Crippen MR) is 80.6 cm³/mol. The highest BCUT2D eigenvalue weighted by Gasteiger charge is 2.60. The van der Waals surface area contributed by atoms with Crippen molar-refractivity contribution in [1.82, 2.24) is 0 Å². The second-order valence-electron chi connectivity index (χ2n) is 5.94. The van der Waals surface area contributed by atoms with Gasteiger partial charge in [-0.1, -0.05) is 15.2 Å². The van der Waals surface area contributed by atoms with Crippen LogP contribution in [0.5, 0.6) is 5.75 Å². The zero-order valence-corrected chi connectivity index (χ0v) is 12.7. The summed E-state index contributed by atoms with van der Waals surface area (Å²) in [4.78, 5) is 11.7. The third-order valence-electron chi connectivity index (χ3n) is 4.71. The van der Waals surface area contributed by atoms with Gasteiger partial charge >= 0.3 is 29.3 Å². The minimum atomic E-state index is -1.02. The van der Waals surface area contributed by atoms with E-state index in [1.54, 1.807) is 13.0 Å². The first-order valence-corrected chi connectivity index (χ1v) is 7.53. The average molecular weight is 321 g/mol. The maximum absolute atomic E-state index is 11.7. The van der Waals surface area contributed by atoms with Crippen molar-refractivity contribution in [2.24, 2.45) is 5.11 Å². The smallest absolute Gasteiger partial charge is 0.507 e. The Bertz CT molecular complexity index is 1120. The Morgan fingerprint density at radius 2 is 2.08 bits per heavy atom. The molecule has 7 nitrogen and oxygen atoms in total. The van der Waals surface area contributed by atoms with Crippen LogP contribution >= 0.6 is 0 Å². The van der Waals surface area contributed by atoms with Gasteiger partial charge in [-0.3, -0.25) is 0 Å². The summed E-state index contributed by atoms with van der Waals surface area (Å²) in [7, 11) is 0. The van der Waals surface area contributed by atoms with Gasteiger partial charge in [-0.05, 0) is 18.2 Å². The van der Waals surface area contributed by atoms with Crippen molar-refractivity contribution < 1.29 is 28.8 Å². The molecule has 5 rings (SSSR count). The fourth-order valence-corrected chi connectivity index (χ4v) is 3.64. The molecule has 0 saturated heterocycles. The summed E-state index contributed by atoms with van der Waals surface area (Å²) in [5.74, 6) is -0.166. The minimum absolute atomic E-state index is 0.0597. The molecule has 2 aliphatic rings. The Kier molecular flexibility index (Phi) is 2.26. The third-order valence-corrected chi connectivity index (χ3v) is 4.71. The molecule has 0 spiro atoms. The number of nitrogens with zero attached hydrogens (tertiary/aromatic N) is 4. The second kappa shape index (κ2) is 4.14. The van der Waals surface area contributed by atoms with Crippen LogP contribution in [0.1, 0.15) is 22.3 Å². The summed E-state index contributed by atoms with van der Waals surface area (Å²) in [6, 6.07) is 10.7. The van der Waals surface area contributed by atoms with Crippen molar-refractivity contribution in [2.45, 2.75) is 13.2 Å². The van der Waals surface area contributed by atoms with Gasteiger partial charge in [-0.2, -0.15) is 0 Å². The molecule has 0 amide bonds. The van der Waals surface area contributed by atoms with Crippen LogP contribution in [0, 0.1) is 6.92 Å². The van der Waals surface area contributed by atoms with Crippen LogP contribution in [-0.2, 0) is 0 Å². The van der Waals surface area contributed by atoms with Gasteiger partial charge in [0.2, 0.25) is 10.8 Å². The average Bonchev–Trinajstić information content (AvgIpc) is 3.08. The number of azo groups is 2. The molecule has 1 aromatic carbocycles. The Morgan fingerprint density at radius 3 is 2.88 bits per heavy atom. The molecule has 4 heterocycles. The Balaban J connectivity index is 1.97. The normalized spacial score (nSPS) is 16.9. The van der Waals surface area contributed by atoms with E-state index in [1.165, 1.54) is 6.07 Å². The standard InChI is InChI=1S/C17H11N4O3/c1-9-10(16(23)24)8-11-13(22)6-5-12-15(11)20(9)17-19-7-3-2-4-14(19)18-21(12)17/h2-8,17H,1H3/q+1/p+2. The van der Waals surface area contributed by atoms with Crippen LogP contribution in [0.2, 0.25) is 0 Å². The van der Waals surface area contributed by atoms with Gasteiger partial charge < -0.3 is 10.2 Å². The van der Waals surface area contributed by atoms with E-state index in [2.05, 4.69) is 5.11 Å². The van der Waals surface area contributed by atoms with Crippen LogP contribution in [0.3, 0.4) is 0 Å². The van der Waals surface area contributed by atoms with E-state index in [1.807, 2.05) is 44.3 Å². The SMILES string of the molecule is Cc1c(C(=O)O)cc2c(O)ccc3c2[n+]1C1[N+]3=Nc2cccc[n+]21. The Labute approximate surface area is 136 Å². The summed E-state index contributed by atoms with van der Waals surface area (Å²) < 4.78 is 5.76. The zero-order chi connectivity index (χ0) is 16.6. The van der Waals surface area contributed by atoms with Crippen molar-refractivity contribution in [2.75, 3.05) is 0 Å². The highest BCUT2D eigenvalue weighted by atomic mass is 16.4. The number of aromatic hydroxyl groups is 1. The number of aromatic nitrogens is 2. The van der Waals surface area contributed by atoms with Crippen molar-refractivity contribution in [1.29, 1.82) is 0 Å². The summed E-state index contributed by atoms with van der Waals surface area (Å²) in [6.07, 6.45) is 1.61. The van der Waals surface area contributed by atoms with Gasteiger partial charge in [0.15, 0.2) is 0 Å². The van der Waals surface area contributed by atoms with E-state index >= 15 is 0 Å². The van der Waals surface area contributed by atoms with Gasteiger partial charge in [0, 0.05) is 19.1 Å². The van der Waals surface area contributed by atoms with E-state index in [0.717, 1.165) is 17.0 Å². The van der Waals surface area contributed by atoms with Gasteiger partial charge in [0.25, 0.3) is 0 Å². The number of fused-ring (bicyclic) bond motifs is 5. The Morgan fingerprint density at radius 1 is 1.25 bits per heavy atom. The molecule has 0 bridgehead atoms. The number of rotatable bonds is 1. The number of hydrogen-bond acceptors (Lipinski definition) is 3. The number of phenolic OH excluding ortho intramolecular Hbond substituents is 1. The molecule has 7 heteroatoms. The molecular formula is C17H13N4O3+3. The molecule has 116 valence electrons. The Hall–Kier alpha value is -3.35. The number of carboxylic acid groups (broad SMARTS) is 1. The monoisotopic (exact) mass is 321 g/mol. The summed E-state index contributed by atoms with van der Waals surface area (Å²) in [5, 5.41) is 24.9. The largest absolute Gasteiger partial charge is 0.545 e. The molecule has 0 aliphatic carbocycles. The highest BCUT2D eigenvalue weighted by molar-refractivity contribution is 5.97. The number of carbonyl (C=O) groups is 1. The first-order valence-electron chi connectivity index (χ1n) is 7.53. The van der Waals surface area contributed by atoms with E-state index in [4.69, 9.17) is 0 Å². The lowest BCUT2D eigenvalue weighted by atomic mass is 10.1. The molecule has 2 aromatic heterocycles. The molecule has 0 saturated carbocycles. The number of benzene rings is 1. The maximum atomic E-state index is 11.7. The van der Waals surface area contributed by atoms with Crippen LogP contribution in [0.4, 0.5) is 11.5 Å². The molecule has 2 N–H and O–H groups in total. The fourth-order valence-electron chi connectivity index (χ4n) is 3.64.